The van der Waals surface area contributed by atoms with Crippen LogP contribution in [0.5, 0.6) is 0 Å². The number of aromatic nitrogens is 2. The zero-order valence-electron chi connectivity index (χ0n) is 18.3. The van der Waals surface area contributed by atoms with Crippen LogP contribution in [0.4, 0.5) is 4.39 Å². The van der Waals surface area contributed by atoms with Crippen LogP contribution in [0.3, 0.4) is 0 Å². The maximum Gasteiger partial charge on any atom is 0.236 e. The Morgan fingerprint density at radius 1 is 1.10 bits per heavy atom. The first kappa shape index (κ1) is 22.3. The summed E-state index contributed by atoms with van der Waals surface area (Å²) in [4.78, 5) is 21.8. The molecule has 1 amide bonds. The fraction of sp³-hybridized carbons (Fsp3) is 0.591. The van der Waals surface area contributed by atoms with Gasteiger partial charge in [-0.2, -0.15) is 0 Å². The second-order valence-corrected chi connectivity index (χ2v) is 9.42. The van der Waals surface area contributed by atoms with Crippen molar-refractivity contribution >= 4 is 17.4 Å². The molecule has 7 nitrogen and oxygen atoms in total. The summed E-state index contributed by atoms with van der Waals surface area (Å²) in [6.45, 7) is 7.49. The van der Waals surface area contributed by atoms with Crippen LogP contribution in [-0.2, 0) is 4.79 Å². The van der Waals surface area contributed by atoms with Crippen molar-refractivity contribution in [2.75, 3.05) is 73.0 Å². The van der Waals surface area contributed by atoms with Gasteiger partial charge in [0.15, 0.2) is 0 Å². The molecule has 0 saturated carbocycles. The number of piperazine rings is 1. The van der Waals surface area contributed by atoms with Gasteiger partial charge in [0.25, 0.3) is 0 Å². The van der Waals surface area contributed by atoms with E-state index >= 15 is 0 Å². The lowest BCUT2D eigenvalue weighted by Gasteiger charge is -2.36. The van der Waals surface area contributed by atoms with E-state index in [-0.39, 0.29) is 23.6 Å². The summed E-state index contributed by atoms with van der Waals surface area (Å²) in [5.41, 5.74) is 2.05. The maximum atomic E-state index is 13.4. The molecule has 4 rings (SSSR count). The van der Waals surface area contributed by atoms with Crippen molar-refractivity contribution in [2.45, 2.75) is 11.8 Å². The molecule has 1 aromatic carbocycles. The van der Waals surface area contributed by atoms with Crippen LogP contribution in [0.2, 0.25) is 0 Å². The van der Waals surface area contributed by atoms with Crippen molar-refractivity contribution in [1.29, 1.82) is 0 Å². The van der Waals surface area contributed by atoms with E-state index in [0.29, 0.717) is 6.54 Å². The predicted octanol–water partition coefficient (Wildman–Crippen LogP) is 1.57. The van der Waals surface area contributed by atoms with E-state index < -0.39 is 0 Å². The highest BCUT2D eigenvalue weighted by Crippen LogP contribution is 2.39. The fourth-order valence-corrected chi connectivity index (χ4v) is 5.07. The Morgan fingerprint density at radius 3 is 2.45 bits per heavy atom. The minimum absolute atomic E-state index is 0.167. The Kier molecular flexibility index (Phi) is 7.27. The minimum Gasteiger partial charge on any atom is -0.339 e. The summed E-state index contributed by atoms with van der Waals surface area (Å²) in [5, 5.41) is 6.28. The topological polar surface area (TPSA) is 55.8 Å². The molecule has 1 aromatic heterocycles. The molecule has 168 valence electrons. The van der Waals surface area contributed by atoms with Crippen molar-refractivity contribution in [2.24, 2.45) is 0 Å². The largest absolute Gasteiger partial charge is 0.339 e. The zero-order chi connectivity index (χ0) is 21.8. The Labute approximate surface area is 187 Å². The number of likely N-dealkylation sites (N-methyl/N-ethyl adjacent to an activating group) is 1. The number of amides is 1. The molecule has 0 N–H and O–H groups in total. The molecule has 2 aliphatic rings. The molecule has 0 radical (unpaired) electrons. The molecular weight excluding hydrogens is 415 g/mol. The average molecular weight is 447 g/mol. The second kappa shape index (κ2) is 10.1. The third-order valence-electron chi connectivity index (χ3n) is 6.40. The van der Waals surface area contributed by atoms with Gasteiger partial charge >= 0.3 is 0 Å². The molecule has 0 aliphatic carbocycles. The first-order valence-corrected chi connectivity index (χ1v) is 11.7. The second-order valence-electron chi connectivity index (χ2n) is 8.81. The van der Waals surface area contributed by atoms with Crippen molar-refractivity contribution in [1.82, 2.24) is 29.2 Å². The SMILES string of the molecule is CN(C)CCN1CCN(C(=O)CN2C[C@H](c3ccc(F)cc3)[C@@H](c3csnn3)C2)CC1. The van der Waals surface area contributed by atoms with Crippen molar-refractivity contribution in [3.63, 3.8) is 0 Å². The smallest absolute Gasteiger partial charge is 0.236 e. The van der Waals surface area contributed by atoms with E-state index in [1.165, 1.54) is 23.7 Å². The third kappa shape index (κ3) is 5.65. The normalized spacial score (nSPS) is 23.0. The van der Waals surface area contributed by atoms with Crippen LogP contribution in [0, 0.1) is 5.82 Å². The van der Waals surface area contributed by atoms with Gasteiger partial charge in [0.05, 0.1) is 12.2 Å². The lowest BCUT2D eigenvalue weighted by atomic mass is 9.87. The molecule has 9 heteroatoms. The number of nitrogens with zero attached hydrogens (tertiary/aromatic N) is 6. The van der Waals surface area contributed by atoms with E-state index in [2.05, 4.69) is 38.4 Å². The van der Waals surface area contributed by atoms with E-state index in [1.54, 1.807) is 0 Å². The third-order valence-corrected chi connectivity index (χ3v) is 6.92. The van der Waals surface area contributed by atoms with Gasteiger partial charge in [-0.3, -0.25) is 14.6 Å². The summed E-state index contributed by atoms with van der Waals surface area (Å²) in [6.07, 6.45) is 0. The van der Waals surface area contributed by atoms with Crippen LogP contribution in [0.15, 0.2) is 29.6 Å². The van der Waals surface area contributed by atoms with Crippen LogP contribution < -0.4 is 0 Å². The quantitative estimate of drug-likeness (QED) is 0.644. The first-order valence-electron chi connectivity index (χ1n) is 10.9. The van der Waals surface area contributed by atoms with Gasteiger partial charge < -0.3 is 9.80 Å². The Balaban J connectivity index is 1.35. The lowest BCUT2D eigenvalue weighted by molar-refractivity contribution is -0.134. The minimum atomic E-state index is -0.231. The van der Waals surface area contributed by atoms with Crippen LogP contribution in [-0.4, -0.2) is 108 Å². The summed E-state index contributed by atoms with van der Waals surface area (Å²) in [6, 6.07) is 6.72. The predicted molar refractivity (Wildman–Crippen MR) is 120 cm³/mol. The highest BCUT2D eigenvalue weighted by molar-refractivity contribution is 7.03. The van der Waals surface area contributed by atoms with Crippen molar-refractivity contribution in [3.8, 4) is 0 Å². The number of hydrogen-bond acceptors (Lipinski definition) is 7. The fourth-order valence-electron chi connectivity index (χ4n) is 4.55. The summed E-state index contributed by atoms with van der Waals surface area (Å²) >= 11 is 1.35. The molecular formula is C22H31FN6OS. The molecule has 2 saturated heterocycles. The number of hydrogen-bond donors (Lipinski definition) is 0. The van der Waals surface area contributed by atoms with Crippen molar-refractivity contribution in [3.05, 3.63) is 46.7 Å². The maximum absolute atomic E-state index is 13.4. The Morgan fingerprint density at radius 2 is 1.81 bits per heavy atom. The van der Waals surface area contributed by atoms with Crippen LogP contribution in [0.25, 0.3) is 0 Å². The zero-order valence-corrected chi connectivity index (χ0v) is 19.1. The van der Waals surface area contributed by atoms with Gasteiger partial charge in [-0.1, -0.05) is 16.6 Å². The van der Waals surface area contributed by atoms with Gasteiger partial charge in [-0.05, 0) is 43.3 Å². The molecule has 2 atom stereocenters. The van der Waals surface area contributed by atoms with Crippen molar-refractivity contribution < 1.29 is 9.18 Å². The molecule has 2 aromatic rings. The highest BCUT2D eigenvalue weighted by Gasteiger charge is 2.37. The first-order chi connectivity index (χ1) is 15.0. The number of carbonyl (C=O) groups is 1. The van der Waals surface area contributed by atoms with Gasteiger partial charge in [-0.15, -0.1) is 5.10 Å². The Hall–Kier alpha value is -1.94. The summed E-state index contributed by atoms with van der Waals surface area (Å²) < 4.78 is 17.5. The van der Waals surface area contributed by atoms with E-state index in [0.717, 1.165) is 63.6 Å². The number of benzene rings is 1. The molecule has 0 unspecified atom stereocenters. The van der Waals surface area contributed by atoms with E-state index in [1.807, 2.05) is 22.4 Å². The summed E-state index contributed by atoms with van der Waals surface area (Å²) in [7, 11) is 4.17. The highest BCUT2D eigenvalue weighted by atomic mass is 32.1. The van der Waals surface area contributed by atoms with Crippen LogP contribution >= 0.6 is 11.5 Å². The van der Waals surface area contributed by atoms with E-state index in [4.69, 9.17) is 0 Å². The molecule has 31 heavy (non-hydrogen) atoms. The number of likely N-dealkylation sites (tertiary alicyclic amines) is 1. The van der Waals surface area contributed by atoms with Gasteiger partial charge in [-0.25, -0.2) is 4.39 Å². The molecule has 3 heterocycles. The van der Waals surface area contributed by atoms with Gasteiger partial charge in [0, 0.05) is 69.6 Å². The standard InChI is InChI=1S/C22H31FN6OS/c1-26(2)7-8-27-9-11-29(12-10-27)22(30)15-28-13-19(17-3-5-18(23)6-4-17)20(14-28)21-16-31-25-24-21/h3-6,16,19-20H,7-15H2,1-2H3/t19-,20+/m1/s1. The summed E-state index contributed by atoms with van der Waals surface area (Å²) in [5.74, 6) is 0.313. The molecule has 2 aliphatic heterocycles. The number of carbonyl (C=O) groups excluding carboxylic acids is 1. The molecule has 0 bridgehead atoms. The van der Waals surface area contributed by atoms with E-state index in [9.17, 15) is 9.18 Å². The lowest BCUT2D eigenvalue weighted by Crippen LogP contribution is -2.52. The van der Waals surface area contributed by atoms with Gasteiger partial charge in [0.1, 0.15) is 5.82 Å². The molecule has 2 fully saturated rings. The number of halogens is 1. The number of rotatable bonds is 7. The molecule has 0 spiro atoms. The van der Waals surface area contributed by atoms with Crippen LogP contribution in [0.1, 0.15) is 23.1 Å². The Bertz CT molecular complexity index is 838. The average Bonchev–Trinajstić information content (AvgIpc) is 3.43. The van der Waals surface area contributed by atoms with Gasteiger partial charge in [0.2, 0.25) is 5.91 Å². The monoisotopic (exact) mass is 446 g/mol.